The van der Waals surface area contributed by atoms with Crippen LogP contribution in [0.3, 0.4) is 0 Å². The Labute approximate surface area is 76.1 Å². The molecule has 68 valence electrons. The summed E-state index contributed by atoms with van der Waals surface area (Å²) >= 11 is 0. The number of allylic oxidation sites excluding steroid dienone is 2. The molecule has 12 heavy (non-hydrogen) atoms. The highest BCUT2D eigenvalue weighted by Gasteiger charge is 2.14. The first-order valence-electron chi connectivity index (χ1n) is 5.63. The summed E-state index contributed by atoms with van der Waals surface area (Å²) in [6, 6.07) is 0. The molecular weight excluding hydrogens is 144 g/mol. The second-order valence-corrected chi connectivity index (χ2v) is 4.44. The van der Waals surface area contributed by atoms with E-state index in [4.69, 9.17) is 0 Å². The molecule has 0 heteroatoms. The predicted molar refractivity (Wildman–Crippen MR) is 53.1 cm³/mol. The fourth-order valence-corrected chi connectivity index (χ4v) is 2.71. The van der Waals surface area contributed by atoms with Crippen LogP contribution in [0.4, 0.5) is 0 Å². The van der Waals surface area contributed by atoms with Gasteiger partial charge in [0.2, 0.25) is 0 Å². The van der Waals surface area contributed by atoms with Gasteiger partial charge < -0.3 is 0 Å². The lowest BCUT2D eigenvalue weighted by Crippen LogP contribution is -2.03. The van der Waals surface area contributed by atoms with Gasteiger partial charge in [-0.3, -0.25) is 0 Å². The van der Waals surface area contributed by atoms with Gasteiger partial charge in [0.05, 0.1) is 0 Å². The molecule has 0 amide bonds. The van der Waals surface area contributed by atoms with E-state index in [1.54, 1.807) is 5.57 Å². The van der Waals surface area contributed by atoms with Crippen LogP contribution < -0.4 is 0 Å². The van der Waals surface area contributed by atoms with E-state index < -0.39 is 0 Å². The molecule has 0 aliphatic heterocycles. The van der Waals surface area contributed by atoms with Crippen LogP contribution in [0.2, 0.25) is 0 Å². The van der Waals surface area contributed by atoms with E-state index >= 15 is 0 Å². The molecule has 0 atom stereocenters. The van der Waals surface area contributed by atoms with Gasteiger partial charge in [0.1, 0.15) is 0 Å². The van der Waals surface area contributed by atoms with Gasteiger partial charge in [-0.25, -0.2) is 0 Å². The van der Waals surface area contributed by atoms with Crippen LogP contribution in [0.25, 0.3) is 0 Å². The van der Waals surface area contributed by atoms with Gasteiger partial charge in [0.25, 0.3) is 0 Å². The van der Waals surface area contributed by atoms with E-state index in [-0.39, 0.29) is 0 Å². The Morgan fingerprint density at radius 2 is 1.58 bits per heavy atom. The summed E-state index contributed by atoms with van der Waals surface area (Å²) in [6.45, 7) is 0. The Hall–Kier alpha value is -0.260. The van der Waals surface area contributed by atoms with Crippen molar-refractivity contribution in [2.24, 2.45) is 5.92 Å². The fraction of sp³-hybridized carbons (Fsp3) is 0.833. The van der Waals surface area contributed by atoms with Crippen molar-refractivity contribution >= 4 is 0 Å². The van der Waals surface area contributed by atoms with Crippen molar-refractivity contribution in [3.05, 3.63) is 11.6 Å². The minimum atomic E-state index is 1.08. The summed E-state index contributed by atoms with van der Waals surface area (Å²) in [7, 11) is 0. The highest BCUT2D eigenvalue weighted by atomic mass is 14.2. The molecule has 3 aliphatic carbocycles. The Bertz CT molecular complexity index is 152. The maximum absolute atomic E-state index is 2.54. The van der Waals surface area contributed by atoms with Crippen LogP contribution in [0.5, 0.6) is 0 Å². The van der Waals surface area contributed by atoms with Gasteiger partial charge in [-0.1, -0.05) is 30.9 Å². The maximum atomic E-state index is 2.54. The molecule has 0 heterocycles. The third-order valence-corrected chi connectivity index (χ3v) is 3.47. The molecule has 2 bridgehead atoms. The quantitative estimate of drug-likeness (QED) is 0.473. The van der Waals surface area contributed by atoms with E-state index in [9.17, 15) is 0 Å². The first-order valence-corrected chi connectivity index (χ1v) is 5.63. The van der Waals surface area contributed by atoms with Crippen LogP contribution in [-0.4, -0.2) is 0 Å². The zero-order chi connectivity index (χ0) is 8.23. The van der Waals surface area contributed by atoms with Crippen LogP contribution in [0, 0.1) is 5.92 Å². The molecule has 1 saturated carbocycles. The van der Waals surface area contributed by atoms with Crippen molar-refractivity contribution < 1.29 is 0 Å². The molecule has 0 saturated heterocycles. The molecule has 0 unspecified atom stereocenters. The van der Waals surface area contributed by atoms with Crippen molar-refractivity contribution in [3.8, 4) is 0 Å². The molecule has 0 N–H and O–H groups in total. The largest absolute Gasteiger partial charge is 0.0853 e. The molecule has 0 aromatic carbocycles. The minimum absolute atomic E-state index is 1.08. The van der Waals surface area contributed by atoms with Crippen LogP contribution >= 0.6 is 0 Å². The highest BCUT2D eigenvalue weighted by Crippen LogP contribution is 2.31. The number of rotatable bonds is 0. The van der Waals surface area contributed by atoms with Gasteiger partial charge in [-0.2, -0.15) is 0 Å². The lowest BCUT2D eigenvalue weighted by Gasteiger charge is -2.18. The molecule has 0 aromatic rings. The van der Waals surface area contributed by atoms with Gasteiger partial charge >= 0.3 is 0 Å². The van der Waals surface area contributed by atoms with E-state index in [1.165, 1.54) is 57.8 Å². The SMILES string of the molecule is C1=C2CCCC(CCC1)CCC2. The first kappa shape index (κ1) is 8.34. The minimum Gasteiger partial charge on any atom is -0.0853 e. The molecule has 3 aliphatic rings. The van der Waals surface area contributed by atoms with Crippen molar-refractivity contribution in [3.63, 3.8) is 0 Å². The van der Waals surface area contributed by atoms with Crippen molar-refractivity contribution in [1.29, 1.82) is 0 Å². The van der Waals surface area contributed by atoms with Gasteiger partial charge in [0.15, 0.2) is 0 Å². The lowest BCUT2D eigenvalue weighted by atomic mass is 9.88. The number of hydrogen-bond donors (Lipinski definition) is 0. The Balaban J connectivity index is 2.06. The summed E-state index contributed by atoms with van der Waals surface area (Å²) in [6.07, 6.45) is 15.6. The molecule has 1 fully saturated rings. The summed E-state index contributed by atoms with van der Waals surface area (Å²) in [5.41, 5.74) is 1.77. The topological polar surface area (TPSA) is 0 Å². The van der Waals surface area contributed by atoms with Crippen molar-refractivity contribution in [2.75, 3.05) is 0 Å². The molecule has 0 spiro atoms. The van der Waals surface area contributed by atoms with Crippen LogP contribution in [-0.2, 0) is 0 Å². The molecular formula is C12H20. The average Bonchev–Trinajstić information content (AvgIpc) is 2.18. The van der Waals surface area contributed by atoms with E-state index in [1.807, 2.05) is 0 Å². The molecule has 0 aromatic heterocycles. The smallest absolute Gasteiger partial charge is 0.0320 e. The summed E-state index contributed by atoms with van der Waals surface area (Å²) in [4.78, 5) is 0. The zero-order valence-corrected chi connectivity index (χ0v) is 8.02. The standard InChI is InChI=1S/C12H20/c1-2-6-12-9-3-7-11(5-1)8-4-10-12/h5,12H,1-4,6-10H2. The Kier molecular flexibility index (Phi) is 2.86. The van der Waals surface area contributed by atoms with E-state index in [0.29, 0.717) is 0 Å². The van der Waals surface area contributed by atoms with Crippen molar-refractivity contribution in [2.45, 2.75) is 57.8 Å². The first-order chi connectivity index (χ1) is 5.95. The summed E-state index contributed by atoms with van der Waals surface area (Å²) < 4.78 is 0. The number of fused-ring (bicyclic) bond motifs is 7. The molecule has 3 rings (SSSR count). The third-order valence-electron chi connectivity index (χ3n) is 3.47. The monoisotopic (exact) mass is 164 g/mol. The number of hydrogen-bond acceptors (Lipinski definition) is 0. The summed E-state index contributed by atoms with van der Waals surface area (Å²) in [5, 5.41) is 0. The van der Waals surface area contributed by atoms with Gasteiger partial charge in [-0.15, -0.1) is 0 Å². The molecule has 0 nitrogen and oxygen atoms in total. The van der Waals surface area contributed by atoms with E-state index in [2.05, 4.69) is 6.08 Å². The van der Waals surface area contributed by atoms with Gasteiger partial charge in [-0.05, 0) is 44.4 Å². The average molecular weight is 164 g/mol. The van der Waals surface area contributed by atoms with Gasteiger partial charge in [0, 0.05) is 0 Å². The van der Waals surface area contributed by atoms with E-state index in [0.717, 1.165) is 5.92 Å². The summed E-state index contributed by atoms with van der Waals surface area (Å²) in [5.74, 6) is 1.08. The maximum Gasteiger partial charge on any atom is -0.0320 e. The van der Waals surface area contributed by atoms with Crippen LogP contribution in [0.1, 0.15) is 57.8 Å². The predicted octanol–water partition coefficient (Wildman–Crippen LogP) is 4.07. The Morgan fingerprint density at radius 1 is 0.917 bits per heavy atom. The van der Waals surface area contributed by atoms with Crippen LogP contribution in [0.15, 0.2) is 11.6 Å². The highest BCUT2D eigenvalue weighted by molar-refractivity contribution is 5.03. The molecule has 0 radical (unpaired) electrons. The van der Waals surface area contributed by atoms with Crippen molar-refractivity contribution in [1.82, 2.24) is 0 Å². The Morgan fingerprint density at radius 3 is 2.33 bits per heavy atom. The fourth-order valence-electron chi connectivity index (χ4n) is 2.71. The zero-order valence-electron chi connectivity index (χ0n) is 8.02. The third kappa shape index (κ3) is 2.12. The normalized spacial score (nSPS) is 31.3. The lowest BCUT2D eigenvalue weighted by molar-refractivity contribution is 0.380. The second-order valence-electron chi connectivity index (χ2n) is 4.44. The second kappa shape index (κ2) is 4.11.